The highest BCUT2D eigenvalue weighted by Crippen LogP contribution is 2.29. The molecule has 0 radical (unpaired) electrons. The zero-order chi connectivity index (χ0) is 18.2. The van der Waals surface area contributed by atoms with Crippen LogP contribution in [-0.4, -0.2) is 39.4 Å². The van der Waals surface area contributed by atoms with E-state index < -0.39 is 0 Å². The van der Waals surface area contributed by atoms with E-state index in [9.17, 15) is 5.11 Å². The molecule has 0 aliphatic carbocycles. The molecule has 0 fully saturated rings. The number of guanidine groups is 1. The van der Waals surface area contributed by atoms with Crippen LogP contribution in [0.25, 0.3) is 0 Å². The minimum atomic E-state index is 0. The summed E-state index contributed by atoms with van der Waals surface area (Å²) in [4.78, 5) is 4.18. The lowest BCUT2D eigenvalue weighted by atomic mass is 10.2. The van der Waals surface area contributed by atoms with Gasteiger partial charge in [0.25, 0.3) is 0 Å². The van der Waals surface area contributed by atoms with Crippen LogP contribution in [0.1, 0.15) is 5.56 Å². The lowest BCUT2D eigenvalue weighted by molar-refractivity contribution is 0.355. The zero-order valence-electron chi connectivity index (χ0n) is 15.2. The molecule has 8 heteroatoms. The molecule has 0 amide bonds. The molecule has 2 aromatic rings. The van der Waals surface area contributed by atoms with E-state index in [4.69, 9.17) is 14.2 Å². The normalized spacial score (nSPS) is 10.5. The van der Waals surface area contributed by atoms with Crippen LogP contribution in [0.2, 0.25) is 0 Å². The first-order valence-corrected chi connectivity index (χ1v) is 7.66. The molecule has 0 saturated carbocycles. The van der Waals surface area contributed by atoms with Crippen molar-refractivity contribution in [3.63, 3.8) is 0 Å². The maximum Gasteiger partial charge on any atom is 0.195 e. The summed E-state index contributed by atoms with van der Waals surface area (Å²) in [7, 11) is 6.43. The van der Waals surface area contributed by atoms with E-state index in [0.717, 1.165) is 5.69 Å². The number of aromatic hydroxyl groups is 1. The molecule has 2 aromatic carbocycles. The number of benzene rings is 2. The fourth-order valence-electron chi connectivity index (χ4n) is 2.24. The summed E-state index contributed by atoms with van der Waals surface area (Å²) >= 11 is 0. The fourth-order valence-corrected chi connectivity index (χ4v) is 2.24. The van der Waals surface area contributed by atoms with Crippen LogP contribution in [0.3, 0.4) is 0 Å². The lowest BCUT2D eigenvalue weighted by Gasteiger charge is -2.15. The van der Waals surface area contributed by atoms with Gasteiger partial charge in [-0.05, 0) is 30.3 Å². The molecule has 0 spiro atoms. The summed E-state index contributed by atoms with van der Waals surface area (Å²) in [5.74, 6) is 2.69. The van der Waals surface area contributed by atoms with Gasteiger partial charge in [-0.1, -0.05) is 0 Å². The molecule has 0 saturated heterocycles. The van der Waals surface area contributed by atoms with Crippen molar-refractivity contribution < 1.29 is 19.3 Å². The fraction of sp³-hybridized carbons (Fsp3) is 0.278. The molecule has 0 aromatic heterocycles. The second kappa shape index (κ2) is 10.6. The highest BCUT2D eigenvalue weighted by molar-refractivity contribution is 14.0. The molecule has 142 valence electrons. The quantitative estimate of drug-likeness (QED) is 0.340. The minimum absolute atomic E-state index is 0. The Morgan fingerprint density at radius 2 is 1.73 bits per heavy atom. The predicted octanol–water partition coefficient (Wildman–Crippen LogP) is 3.22. The topological polar surface area (TPSA) is 84.3 Å². The number of hydrogen-bond donors (Lipinski definition) is 3. The number of hydrogen-bond acceptors (Lipinski definition) is 5. The number of aliphatic imine (C=N–C) groups is 1. The van der Waals surface area contributed by atoms with E-state index >= 15 is 0 Å². The molecular formula is C18H24IN3O4. The van der Waals surface area contributed by atoms with Crippen LogP contribution >= 0.6 is 24.0 Å². The Kier molecular flexibility index (Phi) is 8.83. The number of halogens is 1. The summed E-state index contributed by atoms with van der Waals surface area (Å²) < 4.78 is 15.7. The van der Waals surface area contributed by atoms with Gasteiger partial charge < -0.3 is 30.0 Å². The highest BCUT2D eigenvalue weighted by atomic mass is 127. The number of phenols is 1. The van der Waals surface area contributed by atoms with E-state index in [2.05, 4.69) is 15.6 Å². The monoisotopic (exact) mass is 473 g/mol. The number of rotatable bonds is 6. The average molecular weight is 473 g/mol. The standard InChI is InChI=1S/C18H23N3O4.HI/c1-19-18(20-11-12-9-14(23-2)6-7-15(12)22)21-13-5-8-16(24-3)17(10-13)25-4;/h5-10,22H,11H2,1-4H3,(H2,19,20,21);1H. The molecule has 0 heterocycles. The molecule has 26 heavy (non-hydrogen) atoms. The predicted molar refractivity (Wildman–Crippen MR) is 113 cm³/mol. The number of nitrogens with zero attached hydrogens (tertiary/aromatic N) is 1. The van der Waals surface area contributed by atoms with E-state index in [0.29, 0.717) is 35.3 Å². The van der Waals surface area contributed by atoms with E-state index in [1.54, 1.807) is 46.6 Å². The van der Waals surface area contributed by atoms with Crippen LogP contribution < -0.4 is 24.8 Å². The van der Waals surface area contributed by atoms with Gasteiger partial charge in [0.15, 0.2) is 17.5 Å². The van der Waals surface area contributed by atoms with Gasteiger partial charge in [-0.3, -0.25) is 4.99 Å². The van der Waals surface area contributed by atoms with Gasteiger partial charge in [-0.25, -0.2) is 0 Å². The number of nitrogens with one attached hydrogen (secondary N) is 2. The van der Waals surface area contributed by atoms with Crippen molar-refractivity contribution in [2.75, 3.05) is 33.7 Å². The van der Waals surface area contributed by atoms with Gasteiger partial charge in [0.2, 0.25) is 0 Å². The first-order valence-electron chi connectivity index (χ1n) is 7.66. The summed E-state index contributed by atoms with van der Waals surface area (Å²) in [6, 6.07) is 10.6. The summed E-state index contributed by atoms with van der Waals surface area (Å²) in [5, 5.41) is 16.3. The van der Waals surface area contributed by atoms with Gasteiger partial charge in [0.05, 0.1) is 21.3 Å². The Morgan fingerprint density at radius 3 is 2.35 bits per heavy atom. The van der Waals surface area contributed by atoms with Crippen LogP contribution in [0.4, 0.5) is 5.69 Å². The van der Waals surface area contributed by atoms with Gasteiger partial charge in [-0.15, -0.1) is 24.0 Å². The number of methoxy groups -OCH3 is 3. The van der Waals surface area contributed by atoms with Crippen molar-refractivity contribution in [2.24, 2.45) is 4.99 Å². The maximum atomic E-state index is 9.95. The molecule has 0 aliphatic rings. The van der Waals surface area contributed by atoms with Gasteiger partial charge in [-0.2, -0.15) is 0 Å². The van der Waals surface area contributed by atoms with Crippen molar-refractivity contribution >= 4 is 35.6 Å². The Bertz CT molecular complexity index is 753. The average Bonchev–Trinajstić information content (AvgIpc) is 2.65. The first kappa shape index (κ1) is 21.7. The minimum Gasteiger partial charge on any atom is -0.508 e. The third kappa shape index (κ3) is 5.58. The molecule has 0 aliphatic heterocycles. The number of ether oxygens (including phenoxy) is 3. The lowest BCUT2D eigenvalue weighted by Crippen LogP contribution is -2.30. The second-order valence-corrected chi connectivity index (χ2v) is 5.12. The van der Waals surface area contributed by atoms with Crippen molar-refractivity contribution in [2.45, 2.75) is 6.54 Å². The largest absolute Gasteiger partial charge is 0.508 e. The molecule has 0 unspecified atom stereocenters. The third-order valence-corrected chi connectivity index (χ3v) is 3.60. The van der Waals surface area contributed by atoms with Crippen molar-refractivity contribution in [1.82, 2.24) is 5.32 Å². The zero-order valence-corrected chi connectivity index (χ0v) is 17.5. The molecule has 0 bridgehead atoms. The smallest absolute Gasteiger partial charge is 0.195 e. The SMILES string of the molecule is CN=C(NCc1cc(OC)ccc1O)Nc1ccc(OC)c(OC)c1.I. The Balaban J connectivity index is 0.00000338. The Labute approximate surface area is 170 Å². The van der Waals surface area contributed by atoms with Crippen LogP contribution in [0.15, 0.2) is 41.4 Å². The van der Waals surface area contributed by atoms with Gasteiger partial charge >= 0.3 is 0 Å². The molecule has 0 atom stereocenters. The Hall–Kier alpha value is -2.36. The molecule has 3 N–H and O–H groups in total. The summed E-state index contributed by atoms with van der Waals surface area (Å²) in [6.07, 6.45) is 0. The van der Waals surface area contributed by atoms with E-state index in [1.807, 2.05) is 18.2 Å². The molecular weight excluding hydrogens is 449 g/mol. The third-order valence-electron chi connectivity index (χ3n) is 3.60. The van der Waals surface area contributed by atoms with E-state index in [1.165, 1.54) is 0 Å². The molecule has 2 rings (SSSR count). The number of anilines is 1. The van der Waals surface area contributed by atoms with E-state index in [-0.39, 0.29) is 29.7 Å². The highest BCUT2D eigenvalue weighted by Gasteiger charge is 2.08. The summed E-state index contributed by atoms with van der Waals surface area (Å²) in [5.41, 5.74) is 1.50. The van der Waals surface area contributed by atoms with Crippen molar-refractivity contribution in [1.29, 1.82) is 0 Å². The van der Waals surface area contributed by atoms with Crippen LogP contribution in [0, 0.1) is 0 Å². The van der Waals surface area contributed by atoms with Crippen molar-refractivity contribution in [3.05, 3.63) is 42.0 Å². The Morgan fingerprint density at radius 1 is 1.00 bits per heavy atom. The van der Waals surface area contributed by atoms with Crippen molar-refractivity contribution in [3.8, 4) is 23.0 Å². The van der Waals surface area contributed by atoms with Crippen LogP contribution in [0.5, 0.6) is 23.0 Å². The first-order chi connectivity index (χ1) is 12.1. The molecule has 7 nitrogen and oxygen atoms in total. The maximum absolute atomic E-state index is 9.95. The van der Waals surface area contributed by atoms with Crippen LogP contribution in [-0.2, 0) is 6.54 Å². The number of phenolic OH excluding ortho intramolecular Hbond substituents is 1. The second-order valence-electron chi connectivity index (χ2n) is 5.12. The van der Waals surface area contributed by atoms with Gasteiger partial charge in [0, 0.05) is 30.9 Å². The van der Waals surface area contributed by atoms with Gasteiger partial charge in [0.1, 0.15) is 11.5 Å². The summed E-state index contributed by atoms with van der Waals surface area (Å²) in [6.45, 7) is 0.385.